The van der Waals surface area contributed by atoms with Crippen LogP contribution in [0.1, 0.15) is 16.8 Å². The summed E-state index contributed by atoms with van der Waals surface area (Å²) in [6.07, 6.45) is 3.55. The molecule has 1 aromatic heterocycles. The summed E-state index contributed by atoms with van der Waals surface area (Å²) in [5, 5.41) is 0. The second-order valence-corrected chi connectivity index (χ2v) is 2.54. The zero-order chi connectivity index (χ0) is 8.43. The predicted molar refractivity (Wildman–Crippen MR) is 48.2 cm³/mol. The van der Waals surface area contributed by atoms with Crippen molar-refractivity contribution >= 4 is 11.8 Å². The largest absolute Gasteiger partial charge is 0.397 e. The number of hydrogen-bond acceptors (Lipinski definition) is 2. The molecule has 58 valence electrons. The van der Waals surface area contributed by atoms with E-state index in [0.29, 0.717) is 0 Å². The van der Waals surface area contributed by atoms with E-state index in [-0.39, 0.29) is 0 Å². The third-order valence-electron chi connectivity index (χ3n) is 1.84. The normalized spacial score (nSPS) is 9.64. The molecular weight excluding hydrogens is 136 g/mol. The van der Waals surface area contributed by atoms with Crippen molar-refractivity contribution in [1.29, 1.82) is 0 Å². The Kier molecular flexibility index (Phi) is 1.94. The van der Waals surface area contributed by atoms with Gasteiger partial charge in [0.2, 0.25) is 0 Å². The molecule has 0 aliphatic carbocycles. The Labute approximate surface area is 66.8 Å². The maximum Gasteiger partial charge on any atom is 0.0604 e. The molecule has 2 heteroatoms. The molecule has 0 aliphatic rings. The van der Waals surface area contributed by atoms with E-state index in [9.17, 15) is 0 Å². The van der Waals surface area contributed by atoms with Crippen LogP contribution in [0.3, 0.4) is 0 Å². The van der Waals surface area contributed by atoms with E-state index < -0.39 is 0 Å². The molecule has 0 atom stereocenters. The third kappa shape index (κ3) is 1.24. The minimum absolute atomic E-state index is 0.766. The number of aromatic nitrogens is 1. The molecule has 1 rings (SSSR count). The first kappa shape index (κ1) is 7.79. The van der Waals surface area contributed by atoms with Gasteiger partial charge in [0.25, 0.3) is 0 Å². The molecule has 0 unspecified atom stereocenters. The van der Waals surface area contributed by atoms with Crippen molar-refractivity contribution in [3.05, 3.63) is 29.6 Å². The van der Waals surface area contributed by atoms with Gasteiger partial charge < -0.3 is 5.73 Å². The average Bonchev–Trinajstić information content (AvgIpc) is 2.01. The summed E-state index contributed by atoms with van der Waals surface area (Å²) in [5.41, 5.74) is 9.47. The number of pyridine rings is 1. The lowest BCUT2D eigenvalue weighted by molar-refractivity contribution is 1.18. The molecule has 11 heavy (non-hydrogen) atoms. The molecule has 0 saturated carbocycles. The van der Waals surface area contributed by atoms with Crippen LogP contribution in [0.2, 0.25) is 0 Å². The lowest BCUT2D eigenvalue weighted by Crippen LogP contribution is -1.97. The number of nitrogens with two attached hydrogens (primary N) is 1. The summed E-state index contributed by atoms with van der Waals surface area (Å²) < 4.78 is 0. The number of nitrogens with zero attached hydrogens (tertiary/aromatic N) is 1. The van der Waals surface area contributed by atoms with E-state index in [1.54, 1.807) is 12.3 Å². The second kappa shape index (κ2) is 2.74. The molecule has 0 amide bonds. The quantitative estimate of drug-likeness (QED) is 0.660. The van der Waals surface area contributed by atoms with Gasteiger partial charge in [0.15, 0.2) is 0 Å². The topological polar surface area (TPSA) is 38.9 Å². The highest BCUT2D eigenvalue weighted by molar-refractivity contribution is 5.61. The van der Waals surface area contributed by atoms with Crippen LogP contribution >= 0.6 is 0 Å². The molecule has 2 nitrogen and oxygen atoms in total. The fourth-order valence-electron chi connectivity index (χ4n) is 0.965. The molecule has 0 aromatic carbocycles. The van der Waals surface area contributed by atoms with Gasteiger partial charge >= 0.3 is 0 Å². The van der Waals surface area contributed by atoms with Crippen molar-refractivity contribution in [2.24, 2.45) is 0 Å². The highest BCUT2D eigenvalue weighted by atomic mass is 14.7. The zero-order valence-electron chi connectivity index (χ0n) is 6.89. The van der Waals surface area contributed by atoms with Crippen molar-refractivity contribution in [3.63, 3.8) is 0 Å². The Hall–Kier alpha value is -1.31. The summed E-state index contributed by atoms with van der Waals surface area (Å²) in [6, 6.07) is 0. The van der Waals surface area contributed by atoms with E-state index >= 15 is 0 Å². The maximum atomic E-state index is 5.75. The van der Waals surface area contributed by atoms with Crippen molar-refractivity contribution in [3.8, 4) is 0 Å². The van der Waals surface area contributed by atoms with Gasteiger partial charge in [-0.15, -0.1) is 0 Å². The highest BCUT2D eigenvalue weighted by Crippen LogP contribution is 2.18. The van der Waals surface area contributed by atoms with E-state index in [0.717, 1.165) is 22.5 Å². The lowest BCUT2D eigenvalue weighted by Gasteiger charge is -2.05. The van der Waals surface area contributed by atoms with E-state index in [1.165, 1.54) is 0 Å². The van der Waals surface area contributed by atoms with Gasteiger partial charge in [-0.2, -0.15) is 0 Å². The Balaban J connectivity index is 3.36. The second-order valence-electron chi connectivity index (χ2n) is 2.54. The highest BCUT2D eigenvalue weighted by Gasteiger charge is 2.01. The van der Waals surface area contributed by atoms with Crippen molar-refractivity contribution < 1.29 is 0 Å². The molecular formula is C9H12N2. The van der Waals surface area contributed by atoms with E-state index in [1.807, 2.05) is 13.8 Å². The minimum atomic E-state index is 0.766. The smallest absolute Gasteiger partial charge is 0.0604 e. The van der Waals surface area contributed by atoms with Crippen LogP contribution in [0.15, 0.2) is 12.8 Å². The molecule has 0 spiro atoms. The standard InChI is InChI=1S/C9H12N2/c1-4-8-5-11-7(3)9(10)6(8)2/h4-5H,1,10H2,2-3H3. The van der Waals surface area contributed by atoms with Crippen LogP contribution in [0.5, 0.6) is 0 Å². The summed E-state index contributed by atoms with van der Waals surface area (Å²) in [6.45, 7) is 7.54. The summed E-state index contributed by atoms with van der Waals surface area (Å²) in [5.74, 6) is 0. The zero-order valence-corrected chi connectivity index (χ0v) is 6.89. The van der Waals surface area contributed by atoms with Crippen LogP contribution in [0.25, 0.3) is 6.08 Å². The number of aryl methyl sites for hydroxylation is 1. The van der Waals surface area contributed by atoms with Crippen molar-refractivity contribution in [2.45, 2.75) is 13.8 Å². The predicted octanol–water partition coefficient (Wildman–Crippen LogP) is 1.92. The molecule has 0 fully saturated rings. The van der Waals surface area contributed by atoms with Crippen molar-refractivity contribution in [1.82, 2.24) is 4.98 Å². The van der Waals surface area contributed by atoms with Crippen molar-refractivity contribution in [2.75, 3.05) is 5.73 Å². The number of anilines is 1. The minimum Gasteiger partial charge on any atom is -0.397 e. The first-order chi connectivity index (χ1) is 5.16. The summed E-state index contributed by atoms with van der Waals surface area (Å²) in [7, 11) is 0. The number of hydrogen-bond donors (Lipinski definition) is 1. The van der Waals surface area contributed by atoms with Crippen LogP contribution in [-0.2, 0) is 0 Å². The molecule has 2 N–H and O–H groups in total. The van der Waals surface area contributed by atoms with Gasteiger partial charge in [0.1, 0.15) is 0 Å². The van der Waals surface area contributed by atoms with Gasteiger partial charge in [0.05, 0.1) is 11.4 Å². The Bertz CT molecular complexity index is 290. The van der Waals surface area contributed by atoms with Crippen LogP contribution in [-0.4, -0.2) is 4.98 Å². The Morgan fingerprint density at radius 3 is 2.73 bits per heavy atom. The Morgan fingerprint density at radius 2 is 2.18 bits per heavy atom. The van der Waals surface area contributed by atoms with Gasteiger partial charge in [-0.1, -0.05) is 12.7 Å². The van der Waals surface area contributed by atoms with Crippen LogP contribution in [0, 0.1) is 13.8 Å². The molecule has 1 aromatic rings. The fraction of sp³-hybridized carbons (Fsp3) is 0.222. The molecule has 0 radical (unpaired) electrons. The molecule has 0 bridgehead atoms. The van der Waals surface area contributed by atoms with Gasteiger partial charge in [-0.25, -0.2) is 0 Å². The first-order valence-corrected chi connectivity index (χ1v) is 3.51. The molecule has 0 saturated heterocycles. The monoisotopic (exact) mass is 148 g/mol. The third-order valence-corrected chi connectivity index (χ3v) is 1.84. The van der Waals surface area contributed by atoms with Gasteiger partial charge in [-0.3, -0.25) is 4.98 Å². The van der Waals surface area contributed by atoms with E-state index in [4.69, 9.17) is 5.73 Å². The number of nitrogen functional groups attached to an aromatic ring is 1. The van der Waals surface area contributed by atoms with Crippen LogP contribution in [0.4, 0.5) is 5.69 Å². The van der Waals surface area contributed by atoms with Gasteiger partial charge in [0, 0.05) is 6.20 Å². The Morgan fingerprint density at radius 1 is 1.55 bits per heavy atom. The molecule has 0 aliphatic heterocycles. The molecule has 1 heterocycles. The van der Waals surface area contributed by atoms with E-state index in [2.05, 4.69) is 11.6 Å². The van der Waals surface area contributed by atoms with Gasteiger partial charge in [-0.05, 0) is 25.0 Å². The SMILES string of the molecule is C=Cc1cnc(C)c(N)c1C. The van der Waals surface area contributed by atoms with Crippen LogP contribution < -0.4 is 5.73 Å². The number of rotatable bonds is 1. The maximum absolute atomic E-state index is 5.75. The average molecular weight is 148 g/mol. The fourth-order valence-corrected chi connectivity index (χ4v) is 0.965. The first-order valence-electron chi connectivity index (χ1n) is 3.51. The summed E-state index contributed by atoms with van der Waals surface area (Å²) in [4.78, 5) is 4.11. The lowest BCUT2D eigenvalue weighted by atomic mass is 10.1. The summed E-state index contributed by atoms with van der Waals surface area (Å²) >= 11 is 0.